The Balaban J connectivity index is 1.02. The lowest BCUT2D eigenvalue weighted by Gasteiger charge is -2.42. The number of H-pyrrole nitrogens is 1. The SMILES string of the molecule is CCCCC(C)(I)C1CC(=O)N(CCC(=O)N[C@H](C(=O)N[C@@H](C)C(=O)Nc2ccc(COC(=O)N(C)CC(=O)N(C)CC(=O)N[C@@H]3[C@@H](O)[C@H](O)[C@@H](Nc4ncnc5nc(C(C)CC=P)[nH]c45)O[C@H]3CO)cc2)C(C)C)C1=O. The molecule has 77 heavy (non-hydrogen) atoms. The minimum absolute atomic E-state index is 0.0155. The van der Waals surface area contributed by atoms with E-state index in [-0.39, 0.29) is 58.9 Å². The Morgan fingerprint density at radius 1 is 1.00 bits per heavy atom. The van der Waals surface area contributed by atoms with Crippen LogP contribution in [-0.2, 0) is 49.6 Å². The van der Waals surface area contributed by atoms with Gasteiger partial charge < -0.3 is 66.2 Å². The summed E-state index contributed by atoms with van der Waals surface area (Å²) in [6.45, 7) is 8.96. The molecule has 5 rings (SSSR count). The molecule has 2 fully saturated rings. The fraction of sp³-hybridized carbons (Fsp3) is 0.600. The van der Waals surface area contributed by atoms with Gasteiger partial charge in [0.1, 0.15) is 61.2 Å². The van der Waals surface area contributed by atoms with Gasteiger partial charge in [-0.25, -0.2) is 19.7 Å². The number of likely N-dealkylation sites (N-methyl/N-ethyl adjacent to an activating group) is 2. The van der Waals surface area contributed by atoms with Crippen molar-refractivity contribution in [2.75, 3.05) is 51.0 Å². The van der Waals surface area contributed by atoms with Crippen LogP contribution in [0.25, 0.3) is 11.2 Å². The number of aliphatic hydroxyl groups is 3. The van der Waals surface area contributed by atoms with Crippen LogP contribution in [0.4, 0.5) is 16.3 Å². The van der Waals surface area contributed by atoms with Crippen LogP contribution in [0.3, 0.4) is 0 Å². The van der Waals surface area contributed by atoms with Gasteiger partial charge in [0, 0.05) is 48.5 Å². The number of benzene rings is 1. The van der Waals surface area contributed by atoms with Crippen LogP contribution < -0.4 is 26.6 Å². The molecular formula is C50H72IN12O13P. The zero-order valence-corrected chi connectivity index (χ0v) is 47.7. The third-order valence-electron chi connectivity index (χ3n) is 13.4. The fourth-order valence-electron chi connectivity index (χ4n) is 8.59. The normalized spacial score (nSPS) is 21.3. The highest BCUT2D eigenvalue weighted by Gasteiger charge is 2.48. The van der Waals surface area contributed by atoms with Crippen molar-refractivity contribution in [3.05, 3.63) is 42.0 Å². The molecule has 3 aromatic rings. The lowest BCUT2D eigenvalue weighted by atomic mass is 9.88. The third kappa shape index (κ3) is 16.5. The molecule has 3 unspecified atom stereocenters. The van der Waals surface area contributed by atoms with Crippen LogP contribution in [0.2, 0.25) is 0 Å². The number of alkyl halides is 1. The van der Waals surface area contributed by atoms with Gasteiger partial charge in [-0.15, -0.1) is 8.86 Å². The van der Waals surface area contributed by atoms with Crippen molar-refractivity contribution in [3.8, 4) is 0 Å². The molecule has 2 aliphatic rings. The molecule has 0 spiro atoms. The molecule has 25 nitrogen and oxygen atoms in total. The van der Waals surface area contributed by atoms with Crippen molar-refractivity contribution in [3.63, 3.8) is 0 Å². The van der Waals surface area contributed by atoms with Crippen molar-refractivity contribution in [2.45, 2.75) is 139 Å². The lowest BCUT2D eigenvalue weighted by Crippen LogP contribution is -2.66. The van der Waals surface area contributed by atoms with Crippen molar-refractivity contribution >= 4 is 107 Å². The number of fused-ring (bicyclic) bond motifs is 1. The number of unbranched alkanes of at least 4 members (excludes halogenated alkanes) is 1. The van der Waals surface area contributed by atoms with E-state index in [1.165, 1.54) is 27.3 Å². The van der Waals surface area contributed by atoms with E-state index in [4.69, 9.17) is 9.47 Å². The summed E-state index contributed by atoms with van der Waals surface area (Å²) < 4.78 is 10.9. The predicted octanol–water partition coefficient (Wildman–Crippen LogP) is 1.59. The molecule has 9 N–H and O–H groups in total. The van der Waals surface area contributed by atoms with Crippen LogP contribution in [0.5, 0.6) is 0 Å². The highest BCUT2D eigenvalue weighted by molar-refractivity contribution is 14.1. The van der Waals surface area contributed by atoms with Crippen molar-refractivity contribution in [1.29, 1.82) is 0 Å². The fourth-order valence-corrected chi connectivity index (χ4v) is 9.81. The van der Waals surface area contributed by atoms with Gasteiger partial charge in [-0.05, 0) is 50.3 Å². The first-order valence-corrected chi connectivity index (χ1v) is 27.1. The van der Waals surface area contributed by atoms with Gasteiger partial charge in [0.25, 0.3) is 0 Å². The molecule has 2 saturated heterocycles. The lowest BCUT2D eigenvalue weighted by molar-refractivity contribution is -0.185. The largest absolute Gasteiger partial charge is 0.445 e. The summed E-state index contributed by atoms with van der Waals surface area (Å²) in [6, 6.07) is 2.97. The molecule has 27 heteroatoms. The number of nitrogens with zero attached hydrogens (tertiary/aromatic N) is 6. The Kier molecular flexibility index (Phi) is 22.6. The first-order chi connectivity index (χ1) is 36.4. The Labute approximate surface area is 462 Å². The van der Waals surface area contributed by atoms with Crippen molar-refractivity contribution < 1.29 is 63.1 Å². The van der Waals surface area contributed by atoms with Gasteiger partial charge in [-0.3, -0.25) is 38.5 Å². The zero-order valence-electron chi connectivity index (χ0n) is 44.5. The van der Waals surface area contributed by atoms with Crippen molar-refractivity contribution in [1.82, 2.24) is 50.6 Å². The molecule has 1 aromatic carbocycles. The number of imide groups is 1. The molecule has 0 radical (unpaired) electrons. The van der Waals surface area contributed by atoms with Crippen LogP contribution in [0.1, 0.15) is 97.4 Å². The Morgan fingerprint density at radius 3 is 2.35 bits per heavy atom. The first-order valence-electron chi connectivity index (χ1n) is 25.4. The Hall–Kier alpha value is -5.93. The number of nitrogens with one attached hydrogen (secondary N) is 6. The van der Waals surface area contributed by atoms with Crippen LogP contribution in [0.15, 0.2) is 30.6 Å². The van der Waals surface area contributed by atoms with Crippen molar-refractivity contribution in [2.24, 2.45) is 11.8 Å². The molecule has 2 aliphatic heterocycles. The molecule has 0 saturated carbocycles. The van der Waals surface area contributed by atoms with E-state index in [1.54, 1.807) is 38.1 Å². The number of hydrogen-bond acceptors (Lipinski definition) is 17. The summed E-state index contributed by atoms with van der Waals surface area (Å²) in [5.74, 6) is -1.85. The number of carbonyl (C=O) groups excluding carboxylic acids is 8. The van der Waals surface area contributed by atoms with Crippen LogP contribution in [-0.4, -0.2) is 190 Å². The summed E-state index contributed by atoms with van der Waals surface area (Å²) in [4.78, 5) is 124. The van der Waals surface area contributed by atoms with Gasteiger partial charge in [-0.2, -0.15) is 0 Å². The number of likely N-dealkylation sites (tertiary alicyclic amines) is 1. The van der Waals surface area contributed by atoms with E-state index in [9.17, 15) is 53.7 Å². The molecule has 422 valence electrons. The topological polar surface area (TPSA) is 340 Å². The van der Waals surface area contributed by atoms with Gasteiger partial charge in [-0.1, -0.05) is 81.1 Å². The summed E-state index contributed by atoms with van der Waals surface area (Å²) in [6.07, 6.45) is -2.07. The summed E-state index contributed by atoms with van der Waals surface area (Å²) in [7, 11) is 6.00. The molecule has 0 bridgehead atoms. The number of aromatic amines is 1. The van der Waals surface area contributed by atoms with E-state index in [1.807, 2.05) is 19.6 Å². The highest BCUT2D eigenvalue weighted by atomic mass is 127. The van der Waals surface area contributed by atoms with E-state index in [0.29, 0.717) is 34.7 Å². The Morgan fingerprint density at radius 2 is 1.70 bits per heavy atom. The second-order valence-electron chi connectivity index (χ2n) is 20.0. The maximum absolute atomic E-state index is 13.3. The van der Waals surface area contributed by atoms with Gasteiger partial charge in [0.2, 0.25) is 41.4 Å². The Bertz CT molecular complexity index is 2600. The number of aliphatic hydroxyl groups excluding tert-OH is 3. The average molecular weight is 1210 g/mol. The highest BCUT2D eigenvalue weighted by Crippen LogP contribution is 2.40. The zero-order chi connectivity index (χ0) is 56.9. The monoisotopic (exact) mass is 1210 g/mol. The number of halogens is 1. The predicted molar refractivity (Wildman–Crippen MR) is 294 cm³/mol. The minimum atomic E-state index is -1.64. The number of rotatable bonds is 26. The van der Waals surface area contributed by atoms with E-state index in [2.05, 4.69) is 84.9 Å². The van der Waals surface area contributed by atoms with Gasteiger partial charge in [0.05, 0.1) is 25.1 Å². The molecule has 10 atom stereocenters. The number of hydrogen-bond donors (Lipinski definition) is 9. The average Bonchev–Trinajstić information content (AvgIpc) is 3.98. The number of carbonyl (C=O) groups is 8. The summed E-state index contributed by atoms with van der Waals surface area (Å²) in [5.41, 5.74) is 1.68. The van der Waals surface area contributed by atoms with Gasteiger partial charge in [0.15, 0.2) is 17.7 Å². The van der Waals surface area contributed by atoms with Crippen LogP contribution >= 0.6 is 31.5 Å². The van der Waals surface area contributed by atoms with E-state index >= 15 is 0 Å². The maximum atomic E-state index is 13.3. The molecule has 0 aliphatic carbocycles. The van der Waals surface area contributed by atoms with E-state index < -0.39 is 104 Å². The number of anilines is 2. The quantitative estimate of drug-likeness (QED) is 0.0238. The smallest absolute Gasteiger partial charge is 0.410 e. The second kappa shape index (κ2) is 28.1. The van der Waals surface area contributed by atoms with E-state index in [0.717, 1.165) is 34.0 Å². The first kappa shape index (κ1) is 61.9. The second-order valence-corrected chi connectivity index (χ2v) is 22.9. The number of aromatic nitrogens is 4. The summed E-state index contributed by atoms with van der Waals surface area (Å²) >= 11 is 2.25. The molecule has 2 aromatic heterocycles. The molecular weight excluding hydrogens is 1130 g/mol. The molecule has 8 amide bonds. The summed E-state index contributed by atoms with van der Waals surface area (Å²) in [5, 5.41) is 45.8. The minimum Gasteiger partial charge on any atom is -0.445 e. The molecule has 4 heterocycles. The number of amides is 8. The standard InChI is InChI=1S/C50H72IN12O13P/c1-9-10-17-50(6,51)31-20-35(67)63(48(31)73)18-15-33(65)56-37(26(2)3)46(72)54-28(5)45(71)55-30-13-11-29(12-14-30)24-75-49(74)62(8)22-36(68)61(7)21-34(66)57-38-32(23-64)76-47(41(70)40(38)69)60-44-39-43(52-25-53-44)59-42(58-39)27(4)16-19-77/h11-14,19,25-28,31-32,37-38,40-41,47,64,69-70,77H,9-10,15-18,20-24H2,1-8H3,(H,54,72)(H,55,71)(H,56,65)(H,57,66)(H2,52,53,58,59,60)/t27?,28-,31?,32-,37-,38-,40+,41-,47-,50?/m0/s1. The third-order valence-corrected chi connectivity index (χ3v) is 15.0. The number of ether oxygens (including phenoxy) is 2. The van der Waals surface area contributed by atoms with Gasteiger partial charge >= 0.3 is 6.09 Å². The number of imidazole rings is 1. The maximum Gasteiger partial charge on any atom is 0.410 e. The van der Waals surface area contributed by atoms with Crippen LogP contribution in [0, 0.1) is 11.8 Å².